The third-order valence-electron chi connectivity index (χ3n) is 3.34. The summed E-state index contributed by atoms with van der Waals surface area (Å²) in [7, 11) is 0. The lowest BCUT2D eigenvalue weighted by atomic mass is 10.1. The molecular weight excluding hydrogens is 268 g/mol. The van der Waals surface area contributed by atoms with Crippen LogP contribution in [0.25, 0.3) is 0 Å². The number of benzene rings is 2. The highest BCUT2D eigenvalue weighted by Crippen LogP contribution is 2.22. The van der Waals surface area contributed by atoms with Crippen LogP contribution in [0.4, 0.5) is 5.69 Å². The number of fused-ring (bicyclic) bond motifs is 1. The molecule has 0 aromatic heterocycles. The summed E-state index contributed by atoms with van der Waals surface area (Å²) in [6, 6.07) is 13.8. The predicted octanol–water partition coefficient (Wildman–Crippen LogP) is 1.94. The van der Waals surface area contributed by atoms with Gasteiger partial charge in [-0.1, -0.05) is 12.1 Å². The van der Waals surface area contributed by atoms with E-state index in [2.05, 4.69) is 0 Å². The van der Waals surface area contributed by atoms with Gasteiger partial charge in [-0.3, -0.25) is 14.5 Å². The third kappa shape index (κ3) is 2.45. The van der Waals surface area contributed by atoms with Crippen LogP contribution in [0.3, 0.4) is 0 Å². The fraction of sp³-hybridized carbons (Fsp3) is 0.125. The summed E-state index contributed by atoms with van der Waals surface area (Å²) >= 11 is 0. The number of hydrogen-bond donors (Lipinski definition) is 1. The fourth-order valence-electron chi connectivity index (χ4n) is 2.26. The molecule has 1 heterocycles. The zero-order chi connectivity index (χ0) is 14.8. The normalized spacial score (nSPS) is 13.4. The minimum Gasteiger partial charge on any atom is -0.492 e. The molecule has 0 spiro atoms. The molecule has 1 aliphatic rings. The molecule has 0 aliphatic carbocycles. The number of imide groups is 1. The Hall–Kier alpha value is -2.82. The Morgan fingerprint density at radius 3 is 2.05 bits per heavy atom. The van der Waals surface area contributed by atoms with Crippen molar-refractivity contribution in [2.45, 2.75) is 0 Å². The molecule has 2 N–H and O–H groups in total. The second-order valence-corrected chi connectivity index (χ2v) is 4.73. The van der Waals surface area contributed by atoms with Gasteiger partial charge in [0.05, 0.1) is 17.7 Å². The van der Waals surface area contributed by atoms with Crippen molar-refractivity contribution in [2.75, 3.05) is 18.9 Å². The van der Waals surface area contributed by atoms with Crippen molar-refractivity contribution in [3.8, 4) is 5.75 Å². The summed E-state index contributed by atoms with van der Waals surface area (Å²) in [5.74, 6) is 0.119. The topological polar surface area (TPSA) is 72.6 Å². The molecule has 2 amide bonds. The van der Waals surface area contributed by atoms with E-state index in [9.17, 15) is 9.59 Å². The highest BCUT2D eigenvalue weighted by molar-refractivity contribution is 6.21. The van der Waals surface area contributed by atoms with Crippen molar-refractivity contribution in [1.29, 1.82) is 0 Å². The van der Waals surface area contributed by atoms with Crippen LogP contribution in [0.5, 0.6) is 5.75 Å². The standard InChI is InChI=1S/C16H14N2O3/c17-11-5-7-12(8-6-11)21-10-9-18-15(19)13-3-1-2-4-14(13)16(18)20/h1-8H,9-10,17H2. The van der Waals surface area contributed by atoms with E-state index >= 15 is 0 Å². The number of carbonyl (C=O) groups excluding carboxylic acids is 2. The van der Waals surface area contributed by atoms with Gasteiger partial charge in [0, 0.05) is 5.69 Å². The minimum absolute atomic E-state index is 0.219. The molecule has 0 fully saturated rings. The van der Waals surface area contributed by atoms with Gasteiger partial charge in [-0.2, -0.15) is 0 Å². The molecule has 0 saturated heterocycles. The van der Waals surface area contributed by atoms with Crippen molar-refractivity contribution >= 4 is 17.5 Å². The van der Waals surface area contributed by atoms with Crippen molar-refractivity contribution < 1.29 is 14.3 Å². The largest absolute Gasteiger partial charge is 0.492 e. The maximum absolute atomic E-state index is 12.1. The first-order valence-corrected chi connectivity index (χ1v) is 6.60. The van der Waals surface area contributed by atoms with Gasteiger partial charge in [-0.15, -0.1) is 0 Å². The van der Waals surface area contributed by atoms with Crippen LogP contribution in [0.15, 0.2) is 48.5 Å². The summed E-state index contributed by atoms with van der Waals surface area (Å²) in [6.45, 7) is 0.464. The molecule has 0 atom stereocenters. The highest BCUT2D eigenvalue weighted by atomic mass is 16.5. The van der Waals surface area contributed by atoms with Crippen LogP contribution in [0.1, 0.15) is 20.7 Å². The zero-order valence-corrected chi connectivity index (χ0v) is 11.3. The second-order valence-electron chi connectivity index (χ2n) is 4.73. The van der Waals surface area contributed by atoms with Crippen LogP contribution in [0, 0.1) is 0 Å². The Kier molecular flexibility index (Phi) is 3.31. The molecule has 2 aromatic carbocycles. The van der Waals surface area contributed by atoms with Gasteiger partial charge in [0.25, 0.3) is 11.8 Å². The number of carbonyl (C=O) groups is 2. The summed E-state index contributed by atoms with van der Waals surface area (Å²) < 4.78 is 5.52. The molecule has 0 unspecified atom stereocenters. The monoisotopic (exact) mass is 282 g/mol. The lowest BCUT2D eigenvalue weighted by Crippen LogP contribution is -2.33. The summed E-state index contributed by atoms with van der Waals surface area (Å²) in [5, 5.41) is 0. The van der Waals surface area contributed by atoms with Crippen molar-refractivity contribution in [3.63, 3.8) is 0 Å². The first-order chi connectivity index (χ1) is 10.2. The SMILES string of the molecule is Nc1ccc(OCCN2C(=O)c3ccccc3C2=O)cc1. The van der Waals surface area contributed by atoms with Gasteiger partial charge in [-0.05, 0) is 36.4 Å². The van der Waals surface area contributed by atoms with E-state index in [0.717, 1.165) is 0 Å². The van der Waals surface area contributed by atoms with Crippen LogP contribution >= 0.6 is 0 Å². The Bertz CT molecular complexity index is 660. The molecule has 106 valence electrons. The number of nitrogen functional groups attached to an aromatic ring is 1. The van der Waals surface area contributed by atoms with Crippen molar-refractivity contribution in [2.24, 2.45) is 0 Å². The summed E-state index contributed by atoms with van der Waals surface area (Å²) in [5.41, 5.74) is 7.15. The average Bonchev–Trinajstić information content (AvgIpc) is 2.75. The van der Waals surface area contributed by atoms with E-state index in [4.69, 9.17) is 10.5 Å². The van der Waals surface area contributed by atoms with Gasteiger partial charge in [0.1, 0.15) is 12.4 Å². The fourth-order valence-corrected chi connectivity index (χ4v) is 2.26. The maximum atomic E-state index is 12.1. The van der Waals surface area contributed by atoms with E-state index < -0.39 is 0 Å². The van der Waals surface area contributed by atoms with Gasteiger partial charge in [0.2, 0.25) is 0 Å². The van der Waals surface area contributed by atoms with Crippen molar-refractivity contribution in [3.05, 3.63) is 59.7 Å². The van der Waals surface area contributed by atoms with Gasteiger partial charge in [-0.25, -0.2) is 0 Å². The van der Waals surface area contributed by atoms with Crippen LogP contribution in [-0.2, 0) is 0 Å². The molecule has 5 heteroatoms. The van der Waals surface area contributed by atoms with Crippen LogP contribution < -0.4 is 10.5 Å². The Morgan fingerprint density at radius 2 is 1.48 bits per heavy atom. The van der Waals surface area contributed by atoms with Crippen LogP contribution in [-0.4, -0.2) is 29.9 Å². The molecular formula is C16H14N2O3. The first kappa shape index (κ1) is 13.2. The second kappa shape index (κ2) is 5.28. The Morgan fingerprint density at radius 1 is 0.905 bits per heavy atom. The summed E-state index contributed by atoms with van der Waals surface area (Å²) in [4.78, 5) is 25.5. The van der Waals surface area contributed by atoms with E-state index in [1.165, 1.54) is 4.90 Å². The number of anilines is 1. The number of nitrogens with two attached hydrogens (primary N) is 1. The molecule has 0 radical (unpaired) electrons. The zero-order valence-electron chi connectivity index (χ0n) is 11.3. The van der Waals surface area contributed by atoms with E-state index in [1.54, 1.807) is 48.5 Å². The quantitative estimate of drug-likeness (QED) is 0.687. The minimum atomic E-state index is -0.267. The first-order valence-electron chi connectivity index (χ1n) is 6.60. The average molecular weight is 282 g/mol. The molecule has 0 saturated carbocycles. The molecule has 21 heavy (non-hydrogen) atoms. The third-order valence-corrected chi connectivity index (χ3v) is 3.34. The van der Waals surface area contributed by atoms with E-state index in [-0.39, 0.29) is 25.0 Å². The number of ether oxygens (including phenoxy) is 1. The smallest absolute Gasteiger partial charge is 0.261 e. The highest BCUT2D eigenvalue weighted by Gasteiger charge is 2.34. The lowest BCUT2D eigenvalue weighted by molar-refractivity contribution is 0.0631. The molecule has 3 rings (SSSR count). The summed E-state index contributed by atoms with van der Waals surface area (Å²) in [6.07, 6.45) is 0. The Labute approximate surface area is 121 Å². The molecule has 0 bridgehead atoms. The number of nitrogens with zero attached hydrogens (tertiary/aromatic N) is 1. The number of hydrogen-bond acceptors (Lipinski definition) is 4. The van der Waals surface area contributed by atoms with Gasteiger partial charge in [0.15, 0.2) is 0 Å². The van der Waals surface area contributed by atoms with E-state index in [1.807, 2.05) is 0 Å². The lowest BCUT2D eigenvalue weighted by Gasteiger charge is -2.14. The number of amides is 2. The van der Waals surface area contributed by atoms with Crippen LogP contribution in [0.2, 0.25) is 0 Å². The van der Waals surface area contributed by atoms with Gasteiger partial charge < -0.3 is 10.5 Å². The molecule has 2 aromatic rings. The maximum Gasteiger partial charge on any atom is 0.261 e. The molecule has 1 aliphatic heterocycles. The van der Waals surface area contributed by atoms with Crippen molar-refractivity contribution in [1.82, 2.24) is 4.90 Å². The van der Waals surface area contributed by atoms with Gasteiger partial charge >= 0.3 is 0 Å². The van der Waals surface area contributed by atoms with E-state index in [0.29, 0.717) is 22.6 Å². The molecule has 5 nitrogen and oxygen atoms in total. The Balaban J connectivity index is 1.63. The predicted molar refractivity (Wildman–Crippen MR) is 78.2 cm³/mol. The number of rotatable bonds is 4.